The maximum absolute atomic E-state index is 13.5. The molecule has 0 aliphatic heterocycles. The summed E-state index contributed by atoms with van der Waals surface area (Å²) in [6, 6.07) is 6.82. The highest BCUT2D eigenvalue weighted by Gasteiger charge is 2.02. The standard InChI is InChI=1S/C16H22FN5.HI/c1-13-11-21-22(12-13)10-9-20-16(18-2)19-8-7-14-5-3-4-6-15(14)17;/h3-6,11-12H,7-10H2,1-2H3,(H2,18,19,20);1H. The van der Waals surface area contributed by atoms with Gasteiger partial charge in [0.2, 0.25) is 0 Å². The molecule has 0 fully saturated rings. The summed E-state index contributed by atoms with van der Waals surface area (Å²) in [7, 11) is 1.72. The lowest BCUT2D eigenvalue weighted by molar-refractivity contribution is 0.594. The van der Waals surface area contributed by atoms with Crippen LogP contribution in [0.25, 0.3) is 0 Å². The third-order valence-corrected chi connectivity index (χ3v) is 3.26. The van der Waals surface area contributed by atoms with Crippen LogP contribution in [-0.4, -0.2) is 35.9 Å². The maximum Gasteiger partial charge on any atom is 0.191 e. The second-order valence-corrected chi connectivity index (χ2v) is 5.05. The Labute approximate surface area is 153 Å². The number of nitrogens with zero attached hydrogens (tertiary/aromatic N) is 3. The maximum atomic E-state index is 13.5. The number of guanidine groups is 1. The number of nitrogens with one attached hydrogen (secondary N) is 2. The topological polar surface area (TPSA) is 54.2 Å². The van der Waals surface area contributed by atoms with E-state index in [0.717, 1.165) is 18.7 Å². The van der Waals surface area contributed by atoms with E-state index in [1.165, 1.54) is 6.07 Å². The van der Waals surface area contributed by atoms with Crippen molar-refractivity contribution >= 4 is 29.9 Å². The average molecular weight is 431 g/mol. The fraction of sp³-hybridized carbons (Fsp3) is 0.375. The van der Waals surface area contributed by atoms with Gasteiger partial charge in [-0.1, -0.05) is 18.2 Å². The first-order valence-corrected chi connectivity index (χ1v) is 7.36. The fourth-order valence-corrected chi connectivity index (χ4v) is 2.12. The summed E-state index contributed by atoms with van der Waals surface area (Å²) in [6.07, 6.45) is 4.45. The lowest BCUT2D eigenvalue weighted by Gasteiger charge is -2.12. The molecule has 126 valence electrons. The van der Waals surface area contributed by atoms with Crippen molar-refractivity contribution < 1.29 is 4.39 Å². The molecule has 7 heteroatoms. The van der Waals surface area contributed by atoms with Gasteiger partial charge < -0.3 is 10.6 Å². The molecule has 0 unspecified atom stereocenters. The molecule has 0 amide bonds. The molecule has 0 aliphatic carbocycles. The Kier molecular flexibility index (Phi) is 8.60. The van der Waals surface area contributed by atoms with Crippen LogP contribution in [0.1, 0.15) is 11.1 Å². The van der Waals surface area contributed by atoms with Gasteiger partial charge in [0.15, 0.2) is 5.96 Å². The third-order valence-electron chi connectivity index (χ3n) is 3.26. The summed E-state index contributed by atoms with van der Waals surface area (Å²) < 4.78 is 15.4. The Morgan fingerprint density at radius 1 is 1.26 bits per heavy atom. The number of aliphatic imine (C=N–C) groups is 1. The Balaban J connectivity index is 0.00000264. The van der Waals surface area contributed by atoms with Gasteiger partial charge in [-0.25, -0.2) is 4.39 Å². The van der Waals surface area contributed by atoms with Crippen LogP contribution >= 0.6 is 24.0 Å². The molecule has 0 radical (unpaired) electrons. The van der Waals surface area contributed by atoms with Crippen LogP contribution in [0.2, 0.25) is 0 Å². The van der Waals surface area contributed by atoms with Crippen molar-refractivity contribution in [2.24, 2.45) is 4.99 Å². The summed E-state index contributed by atoms with van der Waals surface area (Å²) in [5, 5.41) is 10.6. The van der Waals surface area contributed by atoms with E-state index in [0.29, 0.717) is 24.5 Å². The molecule has 0 aliphatic rings. The number of hydrogen-bond acceptors (Lipinski definition) is 2. The van der Waals surface area contributed by atoms with Crippen LogP contribution in [0, 0.1) is 12.7 Å². The van der Waals surface area contributed by atoms with E-state index >= 15 is 0 Å². The van der Waals surface area contributed by atoms with Crippen LogP contribution in [0.5, 0.6) is 0 Å². The Hall–Kier alpha value is -1.64. The van der Waals surface area contributed by atoms with Gasteiger partial charge in [0.1, 0.15) is 5.82 Å². The number of benzene rings is 1. The van der Waals surface area contributed by atoms with Gasteiger partial charge >= 0.3 is 0 Å². The predicted octanol–water partition coefficient (Wildman–Crippen LogP) is 2.36. The molecule has 1 aromatic carbocycles. The smallest absolute Gasteiger partial charge is 0.191 e. The van der Waals surface area contributed by atoms with E-state index in [1.807, 2.05) is 30.1 Å². The number of hydrogen-bond donors (Lipinski definition) is 2. The third kappa shape index (κ3) is 6.55. The normalized spacial score (nSPS) is 11.0. The van der Waals surface area contributed by atoms with E-state index in [-0.39, 0.29) is 29.8 Å². The summed E-state index contributed by atoms with van der Waals surface area (Å²) in [5.74, 6) is 0.543. The van der Waals surface area contributed by atoms with E-state index in [9.17, 15) is 4.39 Å². The number of rotatable bonds is 6. The van der Waals surface area contributed by atoms with Crippen LogP contribution < -0.4 is 10.6 Å². The molecule has 2 rings (SSSR count). The first-order chi connectivity index (χ1) is 10.7. The molecular weight excluding hydrogens is 408 g/mol. The minimum absolute atomic E-state index is 0. The Morgan fingerprint density at radius 3 is 2.65 bits per heavy atom. The zero-order chi connectivity index (χ0) is 15.8. The molecule has 1 heterocycles. The molecule has 0 saturated heterocycles. The number of halogens is 2. The van der Waals surface area contributed by atoms with E-state index in [4.69, 9.17) is 0 Å². The zero-order valence-electron chi connectivity index (χ0n) is 13.4. The minimum Gasteiger partial charge on any atom is -0.356 e. The van der Waals surface area contributed by atoms with E-state index < -0.39 is 0 Å². The molecule has 0 spiro atoms. The largest absolute Gasteiger partial charge is 0.356 e. The van der Waals surface area contributed by atoms with Gasteiger partial charge in [0, 0.05) is 26.3 Å². The Morgan fingerprint density at radius 2 is 2.00 bits per heavy atom. The second kappa shape index (κ2) is 10.2. The highest BCUT2D eigenvalue weighted by molar-refractivity contribution is 14.0. The first kappa shape index (κ1) is 19.4. The molecule has 2 aromatic rings. The highest BCUT2D eigenvalue weighted by atomic mass is 127. The van der Waals surface area contributed by atoms with E-state index in [2.05, 4.69) is 20.7 Å². The van der Waals surface area contributed by atoms with Crippen molar-refractivity contribution in [1.29, 1.82) is 0 Å². The van der Waals surface area contributed by atoms with Crippen molar-refractivity contribution in [3.63, 3.8) is 0 Å². The van der Waals surface area contributed by atoms with Gasteiger partial charge in [0.25, 0.3) is 0 Å². The molecule has 0 bridgehead atoms. The van der Waals surface area contributed by atoms with Crippen molar-refractivity contribution in [2.75, 3.05) is 20.1 Å². The lowest BCUT2D eigenvalue weighted by Crippen LogP contribution is -2.39. The van der Waals surface area contributed by atoms with Crippen molar-refractivity contribution in [3.8, 4) is 0 Å². The van der Waals surface area contributed by atoms with Crippen molar-refractivity contribution in [1.82, 2.24) is 20.4 Å². The van der Waals surface area contributed by atoms with Crippen LogP contribution in [0.4, 0.5) is 4.39 Å². The van der Waals surface area contributed by atoms with Crippen molar-refractivity contribution in [3.05, 3.63) is 53.6 Å². The zero-order valence-corrected chi connectivity index (χ0v) is 15.8. The number of aryl methyl sites for hydroxylation is 1. The average Bonchev–Trinajstić information content (AvgIpc) is 2.93. The molecule has 0 saturated carbocycles. The van der Waals surface area contributed by atoms with Crippen LogP contribution in [0.15, 0.2) is 41.7 Å². The van der Waals surface area contributed by atoms with Gasteiger partial charge in [0.05, 0.1) is 12.7 Å². The number of aromatic nitrogens is 2. The molecule has 23 heavy (non-hydrogen) atoms. The summed E-state index contributed by atoms with van der Waals surface area (Å²) in [4.78, 5) is 4.15. The molecule has 0 atom stereocenters. The van der Waals surface area contributed by atoms with Gasteiger partial charge in [-0.3, -0.25) is 9.67 Å². The Bertz CT molecular complexity index is 626. The summed E-state index contributed by atoms with van der Waals surface area (Å²) in [6.45, 7) is 4.13. The summed E-state index contributed by atoms with van der Waals surface area (Å²) in [5.41, 5.74) is 1.85. The molecule has 2 N–H and O–H groups in total. The minimum atomic E-state index is -0.165. The molecule has 5 nitrogen and oxygen atoms in total. The van der Waals surface area contributed by atoms with Gasteiger partial charge in [-0.05, 0) is 30.5 Å². The highest BCUT2D eigenvalue weighted by Crippen LogP contribution is 2.05. The fourth-order valence-electron chi connectivity index (χ4n) is 2.12. The summed E-state index contributed by atoms with van der Waals surface area (Å²) >= 11 is 0. The quantitative estimate of drug-likeness (QED) is 0.420. The lowest BCUT2D eigenvalue weighted by atomic mass is 10.1. The monoisotopic (exact) mass is 431 g/mol. The molecular formula is C16H23FIN5. The van der Waals surface area contributed by atoms with Crippen LogP contribution in [-0.2, 0) is 13.0 Å². The molecule has 1 aromatic heterocycles. The van der Waals surface area contributed by atoms with Crippen LogP contribution in [0.3, 0.4) is 0 Å². The SMILES string of the molecule is CN=C(NCCc1ccccc1F)NCCn1cc(C)cn1.I. The van der Waals surface area contributed by atoms with Gasteiger partial charge in [-0.2, -0.15) is 5.10 Å². The van der Waals surface area contributed by atoms with Crippen molar-refractivity contribution in [2.45, 2.75) is 19.9 Å². The van der Waals surface area contributed by atoms with Gasteiger partial charge in [-0.15, -0.1) is 24.0 Å². The predicted molar refractivity (Wildman–Crippen MR) is 102 cm³/mol. The first-order valence-electron chi connectivity index (χ1n) is 7.36. The van der Waals surface area contributed by atoms with E-state index in [1.54, 1.807) is 19.2 Å². The second-order valence-electron chi connectivity index (χ2n) is 5.05.